The van der Waals surface area contributed by atoms with Gasteiger partial charge in [0.1, 0.15) is 17.5 Å². The molecule has 2 aromatic rings. The summed E-state index contributed by atoms with van der Waals surface area (Å²) < 4.78 is 16.1. The van der Waals surface area contributed by atoms with E-state index in [1.807, 2.05) is 31.2 Å². The van der Waals surface area contributed by atoms with Crippen molar-refractivity contribution in [1.29, 1.82) is 0 Å². The number of allylic oxidation sites excluding steroid dienone is 1. The third kappa shape index (κ3) is 5.34. The molecule has 0 saturated heterocycles. The Morgan fingerprint density at radius 1 is 1.19 bits per heavy atom. The fourth-order valence-corrected chi connectivity index (χ4v) is 4.63. The van der Waals surface area contributed by atoms with Gasteiger partial charge < -0.3 is 19.5 Å². The topological polar surface area (TPSA) is 69.2 Å². The highest BCUT2D eigenvalue weighted by Gasteiger charge is 2.32. The van der Waals surface area contributed by atoms with Crippen LogP contribution in [0, 0.1) is 0 Å². The molecule has 170 valence electrons. The van der Waals surface area contributed by atoms with Gasteiger partial charge in [0, 0.05) is 22.6 Å². The average Bonchev–Trinajstić information content (AvgIpc) is 2.79. The predicted octanol–water partition coefficient (Wildman–Crippen LogP) is 5.78. The number of esters is 1. The number of nitrogens with zero attached hydrogens (tertiary/aromatic N) is 1. The molecule has 6 nitrogen and oxygen atoms in total. The van der Waals surface area contributed by atoms with Gasteiger partial charge in [-0.05, 0) is 38.1 Å². The molecule has 1 aliphatic rings. The van der Waals surface area contributed by atoms with Crippen LogP contribution in [0.15, 0.2) is 52.7 Å². The van der Waals surface area contributed by atoms with E-state index in [1.54, 1.807) is 33.3 Å². The van der Waals surface area contributed by atoms with Crippen LogP contribution in [0.5, 0.6) is 11.5 Å². The zero-order chi connectivity index (χ0) is 23.3. The number of carbonyl (C=O) groups excluding carboxylic acids is 1. The number of nitrogens with one attached hydrogen (secondary N) is 1. The van der Waals surface area contributed by atoms with Gasteiger partial charge >= 0.3 is 5.97 Å². The van der Waals surface area contributed by atoms with Gasteiger partial charge in [-0.25, -0.2) is 9.79 Å². The Bertz CT molecular complexity index is 1070. The minimum Gasteiger partial charge on any atom is -0.497 e. The van der Waals surface area contributed by atoms with Crippen LogP contribution in [0.3, 0.4) is 0 Å². The quantitative estimate of drug-likeness (QED) is 0.491. The van der Waals surface area contributed by atoms with Gasteiger partial charge in [0.2, 0.25) is 0 Å². The molecular weight excluding hydrogens is 471 g/mol. The molecule has 32 heavy (non-hydrogen) atoms. The van der Waals surface area contributed by atoms with Crippen LogP contribution in [0.4, 0.5) is 0 Å². The molecule has 0 saturated carbocycles. The predicted molar refractivity (Wildman–Crippen MR) is 130 cm³/mol. The normalized spacial score (nSPS) is 15.7. The zero-order valence-corrected chi connectivity index (χ0v) is 20.5. The maximum atomic E-state index is 12.7. The molecule has 2 aromatic carbocycles. The second-order valence-electron chi connectivity index (χ2n) is 6.83. The molecule has 9 heteroatoms. The van der Waals surface area contributed by atoms with Crippen molar-refractivity contribution in [3.05, 3.63) is 68.8 Å². The highest BCUT2D eigenvalue weighted by Crippen LogP contribution is 2.39. The summed E-state index contributed by atoms with van der Waals surface area (Å²) in [6, 6.07) is 10.3. The Hall–Kier alpha value is -2.35. The molecule has 0 radical (unpaired) electrons. The van der Waals surface area contributed by atoms with Crippen molar-refractivity contribution < 1.29 is 19.0 Å². The third-order valence-corrected chi connectivity index (χ3v) is 6.61. The van der Waals surface area contributed by atoms with Gasteiger partial charge in [-0.2, -0.15) is 0 Å². The largest absolute Gasteiger partial charge is 0.497 e. The monoisotopic (exact) mass is 494 g/mol. The molecule has 0 bridgehead atoms. The van der Waals surface area contributed by atoms with E-state index in [0.717, 1.165) is 17.1 Å². The molecule has 1 atom stereocenters. The number of rotatable bonds is 7. The zero-order valence-electron chi connectivity index (χ0n) is 18.2. The fraction of sp³-hybridized carbons (Fsp3) is 0.304. The number of methoxy groups -OCH3 is 2. The van der Waals surface area contributed by atoms with E-state index in [4.69, 9.17) is 42.4 Å². The SMILES string of the molecule is CCOC(=O)C1=C(C)NC(SCc2cc(OC)ccc2OC)=N[C@H]1c1cccc(Cl)c1Cl. The average molecular weight is 495 g/mol. The van der Waals surface area contributed by atoms with E-state index in [-0.39, 0.29) is 6.61 Å². The molecule has 0 amide bonds. The Balaban J connectivity index is 1.95. The second-order valence-corrected chi connectivity index (χ2v) is 8.58. The molecule has 1 N–H and O–H groups in total. The maximum Gasteiger partial charge on any atom is 0.338 e. The minimum absolute atomic E-state index is 0.257. The summed E-state index contributed by atoms with van der Waals surface area (Å²) in [5, 5.41) is 4.62. The third-order valence-electron chi connectivity index (χ3n) is 4.84. The van der Waals surface area contributed by atoms with Gasteiger partial charge in [0.25, 0.3) is 0 Å². The summed E-state index contributed by atoms with van der Waals surface area (Å²) in [5.74, 6) is 1.62. The van der Waals surface area contributed by atoms with Crippen molar-refractivity contribution in [2.24, 2.45) is 4.99 Å². The lowest BCUT2D eigenvalue weighted by Crippen LogP contribution is -2.30. The summed E-state index contributed by atoms with van der Waals surface area (Å²) in [6.07, 6.45) is 0. The van der Waals surface area contributed by atoms with Gasteiger partial charge in [-0.3, -0.25) is 0 Å². The summed E-state index contributed by atoms with van der Waals surface area (Å²) in [6.45, 7) is 3.84. The van der Waals surface area contributed by atoms with Crippen molar-refractivity contribution in [2.45, 2.75) is 25.6 Å². The Morgan fingerprint density at radius 3 is 2.66 bits per heavy atom. The van der Waals surface area contributed by atoms with E-state index >= 15 is 0 Å². The summed E-state index contributed by atoms with van der Waals surface area (Å²) in [4.78, 5) is 17.5. The summed E-state index contributed by atoms with van der Waals surface area (Å²) >= 11 is 14.2. The summed E-state index contributed by atoms with van der Waals surface area (Å²) in [7, 11) is 3.25. The first-order valence-electron chi connectivity index (χ1n) is 9.89. The molecule has 0 aromatic heterocycles. The molecule has 0 unspecified atom stereocenters. The molecular formula is C23H24Cl2N2O4S. The van der Waals surface area contributed by atoms with Crippen LogP contribution in [-0.4, -0.2) is 32.0 Å². The van der Waals surface area contributed by atoms with Crippen LogP contribution in [0.25, 0.3) is 0 Å². The van der Waals surface area contributed by atoms with Crippen molar-refractivity contribution in [1.82, 2.24) is 5.32 Å². The first-order chi connectivity index (χ1) is 15.4. The van der Waals surface area contributed by atoms with E-state index in [1.165, 1.54) is 11.8 Å². The maximum absolute atomic E-state index is 12.7. The Labute approximate surface area is 201 Å². The Kier molecular flexibility index (Phi) is 8.34. The lowest BCUT2D eigenvalue weighted by atomic mass is 9.96. The number of hydrogen-bond donors (Lipinski definition) is 1. The second kappa shape index (κ2) is 11.0. The molecule has 0 fully saturated rings. The number of hydrogen-bond acceptors (Lipinski definition) is 7. The number of carbonyl (C=O) groups is 1. The van der Waals surface area contributed by atoms with Crippen LogP contribution < -0.4 is 14.8 Å². The van der Waals surface area contributed by atoms with Crippen LogP contribution in [0.1, 0.15) is 31.0 Å². The number of ether oxygens (including phenoxy) is 3. The smallest absolute Gasteiger partial charge is 0.338 e. The first kappa shape index (κ1) is 24.3. The van der Waals surface area contributed by atoms with Crippen molar-refractivity contribution >= 4 is 46.1 Å². The van der Waals surface area contributed by atoms with Crippen LogP contribution >= 0.6 is 35.0 Å². The van der Waals surface area contributed by atoms with E-state index in [9.17, 15) is 4.79 Å². The van der Waals surface area contributed by atoms with E-state index < -0.39 is 12.0 Å². The standard InChI is InChI=1S/C23H24Cl2N2O4S/c1-5-31-22(28)19-13(2)26-23(27-21(19)16-7-6-8-17(24)20(16)25)32-12-14-11-15(29-3)9-10-18(14)30-4/h6-11,21H,5,12H2,1-4H3,(H,26,27)/t21-/m0/s1. The fourth-order valence-electron chi connectivity index (χ4n) is 3.29. The lowest BCUT2D eigenvalue weighted by molar-refractivity contribution is -0.138. The molecule has 1 aliphatic heterocycles. The lowest BCUT2D eigenvalue weighted by Gasteiger charge is -2.26. The molecule has 0 spiro atoms. The van der Waals surface area contributed by atoms with Gasteiger partial charge in [-0.15, -0.1) is 0 Å². The number of halogens is 2. The van der Waals surface area contributed by atoms with Gasteiger partial charge in [0.05, 0.1) is 36.4 Å². The highest BCUT2D eigenvalue weighted by molar-refractivity contribution is 8.13. The van der Waals surface area contributed by atoms with E-state index in [2.05, 4.69) is 5.32 Å². The Morgan fingerprint density at radius 2 is 1.97 bits per heavy atom. The molecule has 1 heterocycles. The minimum atomic E-state index is -0.642. The number of amidine groups is 1. The van der Waals surface area contributed by atoms with Crippen LogP contribution in [0.2, 0.25) is 10.0 Å². The van der Waals surface area contributed by atoms with Crippen molar-refractivity contribution in [3.63, 3.8) is 0 Å². The first-order valence-corrected chi connectivity index (χ1v) is 11.6. The highest BCUT2D eigenvalue weighted by atomic mass is 35.5. The molecule has 3 rings (SSSR count). The van der Waals surface area contributed by atoms with E-state index in [0.29, 0.717) is 37.8 Å². The number of aliphatic imine (C=N–C) groups is 1. The molecule has 0 aliphatic carbocycles. The van der Waals surface area contributed by atoms with Gasteiger partial charge in [0.15, 0.2) is 5.17 Å². The number of benzene rings is 2. The van der Waals surface area contributed by atoms with Gasteiger partial charge in [-0.1, -0.05) is 47.1 Å². The number of thioether (sulfide) groups is 1. The van der Waals surface area contributed by atoms with Crippen molar-refractivity contribution in [2.75, 3.05) is 20.8 Å². The summed E-state index contributed by atoms with van der Waals surface area (Å²) in [5.41, 5.74) is 2.65. The van der Waals surface area contributed by atoms with Crippen LogP contribution in [-0.2, 0) is 15.3 Å². The van der Waals surface area contributed by atoms with Crippen molar-refractivity contribution in [3.8, 4) is 11.5 Å².